The second-order valence-electron chi connectivity index (χ2n) is 8.17. The number of methoxy groups -OCH3 is 2. The first-order valence-corrected chi connectivity index (χ1v) is 12.6. The van der Waals surface area contributed by atoms with Gasteiger partial charge in [0.05, 0.1) is 31.5 Å². The number of carbonyl (C=O) groups is 1. The first-order chi connectivity index (χ1) is 19.1. The van der Waals surface area contributed by atoms with Crippen molar-refractivity contribution < 1.29 is 43.0 Å². The molecule has 3 rings (SSSR count). The normalized spacial score (nSPS) is 10.9. The fourth-order valence-corrected chi connectivity index (χ4v) is 4.06. The molecule has 0 amide bonds. The molecule has 0 bridgehead atoms. The maximum Gasteiger partial charge on any atom is 0.352 e. The number of carbonyl (C=O) groups excluding carboxylic acids is 1. The largest absolute Gasteiger partial charge is 0.463 e. The van der Waals surface area contributed by atoms with Crippen LogP contribution >= 0.6 is 11.6 Å². The molecule has 0 atom stereocenters. The van der Waals surface area contributed by atoms with Gasteiger partial charge in [0.1, 0.15) is 0 Å². The second-order valence-corrected chi connectivity index (χ2v) is 8.55. The van der Waals surface area contributed by atoms with Crippen LogP contribution in [-0.4, -0.2) is 60.2 Å². The van der Waals surface area contributed by atoms with Gasteiger partial charge in [-0.1, -0.05) is 72.3 Å². The quantitative estimate of drug-likeness (QED) is 0.0709. The number of halogens is 1. The van der Waals surface area contributed by atoms with E-state index in [0.29, 0.717) is 32.0 Å². The summed E-state index contributed by atoms with van der Waals surface area (Å²) in [6.45, 7) is 2.45. The third-order valence-corrected chi connectivity index (χ3v) is 5.81. The lowest BCUT2D eigenvalue weighted by atomic mass is 9.84. The van der Waals surface area contributed by atoms with E-state index in [1.54, 1.807) is 20.3 Å². The molecule has 0 heterocycles. The molecule has 0 aromatic heterocycles. The van der Waals surface area contributed by atoms with Gasteiger partial charge in [0, 0.05) is 38.7 Å². The van der Waals surface area contributed by atoms with E-state index < -0.39 is 11.9 Å². The van der Waals surface area contributed by atoms with Crippen LogP contribution in [0, 0.1) is 0 Å². The molecule has 0 spiro atoms. The molecular weight excluding hydrogens is 528 g/mol. The molecule has 3 aromatic rings. The van der Waals surface area contributed by atoms with Crippen molar-refractivity contribution in [1.29, 1.82) is 0 Å². The average Bonchev–Trinajstić information content (AvgIpc) is 2.95. The van der Waals surface area contributed by atoms with Gasteiger partial charge in [-0.15, -0.1) is 0 Å². The van der Waals surface area contributed by atoms with Crippen molar-refractivity contribution in [2.75, 3.05) is 54.2 Å². The molecular formula is C29H33ClO9. The number of benzene rings is 3. The van der Waals surface area contributed by atoms with Crippen LogP contribution in [0.5, 0.6) is 17.2 Å². The van der Waals surface area contributed by atoms with Crippen molar-refractivity contribution in [2.24, 2.45) is 0 Å². The summed E-state index contributed by atoms with van der Waals surface area (Å²) in [5, 5.41) is 0.194. The predicted octanol–water partition coefficient (Wildman–Crippen LogP) is 5.38. The van der Waals surface area contributed by atoms with Crippen LogP contribution in [0.3, 0.4) is 0 Å². The topological polar surface area (TPSA) is 90.9 Å². The summed E-state index contributed by atoms with van der Waals surface area (Å²) in [6, 6.07) is 21.0. The SMILES string of the molecule is COCCOCOc1cc(OOC(C)=O)c(C(c2ccccc2)c2ccccc2)c(Cl)c1OCOCCOC. The van der Waals surface area contributed by atoms with Gasteiger partial charge < -0.3 is 28.4 Å². The standard InChI is InChI=1S/C29H33ClO9/c1-21(31)38-39-24-18-25(36-19-34-16-14-32-2)29(37-20-35-17-15-33-3)28(30)27(24)26(22-10-6-4-7-11-22)23-12-8-5-9-13-23/h4-13,18,26H,14-17,19-20H2,1-3H3. The summed E-state index contributed by atoms with van der Waals surface area (Å²) < 4.78 is 32.8. The van der Waals surface area contributed by atoms with Gasteiger partial charge in [-0.05, 0) is 11.1 Å². The molecule has 0 saturated carbocycles. The summed E-state index contributed by atoms with van der Waals surface area (Å²) >= 11 is 7.07. The van der Waals surface area contributed by atoms with E-state index in [2.05, 4.69) is 0 Å². The molecule has 0 N–H and O–H groups in total. The van der Waals surface area contributed by atoms with E-state index in [-0.39, 0.29) is 35.9 Å². The second kappa shape index (κ2) is 16.6. The van der Waals surface area contributed by atoms with Crippen molar-refractivity contribution in [3.63, 3.8) is 0 Å². The monoisotopic (exact) mass is 560 g/mol. The third kappa shape index (κ3) is 9.12. The Morgan fingerprint density at radius 1 is 0.769 bits per heavy atom. The summed E-state index contributed by atoms with van der Waals surface area (Å²) in [5.74, 6) is -0.447. The molecule has 210 valence electrons. The smallest absolute Gasteiger partial charge is 0.352 e. The van der Waals surface area contributed by atoms with E-state index in [1.165, 1.54) is 6.92 Å². The lowest BCUT2D eigenvalue weighted by Gasteiger charge is -2.25. The van der Waals surface area contributed by atoms with Gasteiger partial charge in [-0.2, -0.15) is 0 Å². The lowest BCUT2D eigenvalue weighted by molar-refractivity contribution is -0.211. The van der Waals surface area contributed by atoms with Gasteiger partial charge in [0.25, 0.3) is 0 Å². The minimum atomic E-state index is -0.634. The molecule has 0 aliphatic carbocycles. The average molecular weight is 561 g/mol. The van der Waals surface area contributed by atoms with Crippen LogP contribution < -0.4 is 14.4 Å². The van der Waals surface area contributed by atoms with Gasteiger partial charge in [0.15, 0.2) is 30.8 Å². The Hall–Kier alpha value is -3.34. The van der Waals surface area contributed by atoms with Crippen molar-refractivity contribution in [3.05, 3.63) is 88.4 Å². The highest BCUT2D eigenvalue weighted by Gasteiger charge is 2.30. The zero-order chi connectivity index (χ0) is 27.9. The molecule has 0 aliphatic rings. The molecule has 9 nitrogen and oxygen atoms in total. The van der Waals surface area contributed by atoms with Gasteiger partial charge in [0.2, 0.25) is 0 Å². The van der Waals surface area contributed by atoms with E-state index in [0.717, 1.165) is 11.1 Å². The Morgan fingerprint density at radius 2 is 1.31 bits per heavy atom. The highest BCUT2D eigenvalue weighted by atomic mass is 35.5. The van der Waals surface area contributed by atoms with Crippen LogP contribution in [0.15, 0.2) is 66.7 Å². The van der Waals surface area contributed by atoms with Crippen molar-refractivity contribution >= 4 is 17.6 Å². The first-order valence-electron chi connectivity index (χ1n) is 12.3. The van der Waals surface area contributed by atoms with Gasteiger partial charge in [-0.3, -0.25) is 9.78 Å². The number of ether oxygens (including phenoxy) is 6. The van der Waals surface area contributed by atoms with Gasteiger partial charge >= 0.3 is 5.97 Å². The van der Waals surface area contributed by atoms with Crippen LogP contribution in [-0.2, 0) is 28.6 Å². The van der Waals surface area contributed by atoms with E-state index in [1.807, 2.05) is 60.7 Å². The number of rotatable bonds is 17. The van der Waals surface area contributed by atoms with Gasteiger partial charge in [-0.25, -0.2) is 4.79 Å². The Bertz CT molecular complexity index is 1100. The molecule has 0 unspecified atom stereocenters. The minimum absolute atomic E-state index is 0.116. The van der Waals surface area contributed by atoms with E-state index >= 15 is 0 Å². The highest BCUT2D eigenvalue weighted by molar-refractivity contribution is 6.33. The first kappa shape index (κ1) is 30.2. The van der Waals surface area contributed by atoms with Crippen molar-refractivity contribution in [1.82, 2.24) is 0 Å². The molecule has 39 heavy (non-hydrogen) atoms. The van der Waals surface area contributed by atoms with Crippen LogP contribution in [0.2, 0.25) is 5.02 Å². The summed E-state index contributed by atoms with van der Waals surface area (Å²) in [5.41, 5.74) is 2.36. The maximum atomic E-state index is 11.7. The number of hydrogen-bond donors (Lipinski definition) is 0. The van der Waals surface area contributed by atoms with E-state index in [4.69, 9.17) is 49.8 Å². The molecule has 0 saturated heterocycles. The fraction of sp³-hybridized carbons (Fsp3) is 0.345. The molecule has 0 aliphatic heterocycles. The molecule has 0 fully saturated rings. The molecule has 0 radical (unpaired) electrons. The van der Waals surface area contributed by atoms with Crippen molar-refractivity contribution in [3.8, 4) is 17.2 Å². The van der Waals surface area contributed by atoms with E-state index in [9.17, 15) is 4.79 Å². The molecule has 3 aromatic carbocycles. The minimum Gasteiger partial charge on any atom is -0.463 e. The summed E-state index contributed by atoms with van der Waals surface area (Å²) in [7, 11) is 3.16. The third-order valence-electron chi connectivity index (χ3n) is 5.44. The highest BCUT2D eigenvalue weighted by Crippen LogP contribution is 2.49. The van der Waals surface area contributed by atoms with Crippen LogP contribution in [0.25, 0.3) is 0 Å². The Morgan fingerprint density at radius 3 is 1.82 bits per heavy atom. The van der Waals surface area contributed by atoms with Crippen LogP contribution in [0.4, 0.5) is 0 Å². The Labute approximate surface area is 233 Å². The fourth-order valence-electron chi connectivity index (χ4n) is 3.71. The summed E-state index contributed by atoms with van der Waals surface area (Å²) in [6.07, 6.45) is 0. The zero-order valence-electron chi connectivity index (χ0n) is 22.2. The maximum absolute atomic E-state index is 11.7. The Balaban J connectivity index is 2.12. The molecule has 10 heteroatoms. The Kier molecular flexibility index (Phi) is 12.8. The zero-order valence-corrected chi connectivity index (χ0v) is 23.0. The number of hydrogen-bond acceptors (Lipinski definition) is 9. The summed E-state index contributed by atoms with van der Waals surface area (Å²) in [4.78, 5) is 22.1. The lowest BCUT2D eigenvalue weighted by Crippen LogP contribution is -2.14. The van der Waals surface area contributed by atoms with Crippen LogP contribution in [0.1, 0.15) is 29.5 Å². The van der Waals surface area contributed by atoms with Crippen molar-refractivity contribution in [2.45, 2.75) is 12.8 Å². The predicted molar refractivity (Wildman–Crippen MR) is 144 cm³/mol.